The van der Waals surface area contributed by atoms with Crippen molar-refractivity contribution in [3.05, 3.63) is 0 Å². The molecule has 1 fully saturated rings. The Morgan fingerprint density at radius 2 is 1.88 bits per heavy atom. The first-order valence-corrected chi connectivity index (χ1v) is 7.20. The second-order valence-electron chi connectivity index (χ2n) is 5.33. The molecule has 1 aliphatic rings. The van der Waals surface area contributed by atoms with E-state index >= 15 is 0 Å². The minimum absolute atomic E-state index is 0.150. The number of amides is 1. The lowest BCUT2D eigenvalue weighted by Crippen LogP contribution is -2.45. The fourth-order valence-electron chi connectivity index (χ4n) is 2.61. The van der Waals surface area contributed by atoms with Gasteiger partial charge in [-0.05, 0) is 31.6 Å². The highest BCUT2D eigenvalue weighted by Gasteiger charge is 2.21. The van der Waals surface area contributed by atoms with Crippen LogP contribution in [0.2, 0.25) is 0 Å². The van der Waals surface area contributed by atoms with Gasteiger partial charge in [0.2, 0.25) is 5.91 Å². The molecule has 2 atom stereocenters. The van der Waals surface area contributed by atoms with Crippen molar-refractivity contribution in [1.29, 1.82) is 0 Å². The Morgan fingerprint density at radius 1 is 1.24 bits per heavy atom. The largest absolute Gasteiger partial charge is 0.352 e. The van der Waals surface area contributed by atoms with Crippen LogP contribution in [0.4, 0.5) is 0 Å². The maximum atomic E-state index is 11.7. The molecule has 0 saturated heterocycles. The van der Waals surface area contributed by atoms with Gasteiger partial charge in [-0.25, -0.2) is 0 Å². The van der Waals surface area contributed by atoms with Crippen LogP contribution in [0.25, 0.3) is 0 Å². The molecule has 2 unspecified atom stereocenters. The van der Waals surface area contributed by atoms with Crippen LogP contribution in [0.1, 0.15) is 59.3 Å². The van der Waals surface area contributed by atoms with Crippen LogP contribution in [-0.4, -0.2) is 24.5 Å². The van der Waals surface area contributed by atoms with Crippen LogP contribution in [0, 0.1) is 5.92 Å². The molecule has 0 radical (unpaired) electrons. The van der Waals surface area contributed by atoms with Gasteiger partial charge in [0, 0.05) is 12.1 Å². The Labute approximate surface area is 106 Å². The van der Waals surface area contributed by atoms with Crippen LogP contribution in [-0.2, 0) is 4.79 Å². The minimum atomic E-state index is 0.150. The predicted octanol–water partition coefficient (Wildman–Crippen LogP) is 2.46. The Hall–Kier alpha value is -0.570. The summed E-state index contributed by atoms with van der Waals surface area (Å²) in [6.07, 6.45) is 7.20. The van der Waals surface area contributed by atoms with Gasteiger partial charge in [0.25, 0.3) is 0 Å². The highest BCUT2D eigenvalue weighted by atomic mass is 16.1. The number of rotatable bonds is 6. The molecule has 1 amide bonds. The zero-order valence-corrected chi connectivity index (χ0v) is 11.6. The Morgan fingerprint density at radius 3 is 2.47 bits per heavy atom. The first-order valence-electron chi connectivity index (χ1n) is 7.20. The van der Waals surface area contributed by atoms with E-state index in [1.165, 1.54) is 25.7 Å². The molecular formula is C14H28N2O. The van der Waals surface area contributed by atoms with Gasteiger partial charge in [0.1, 0.15) is 0 Å². The van der Waals surface area contributed by atoms with Crippen molar-refractivity contribution in [3.63, 3.8) is 0 Å². The summed E-state index contributed by atoms with van der Waals surface area (Å²) in [4.78, 5) is 11.7. The molecule has 3 nitrogen and oxygen atoms in total. The quantitative estimate of drug-likeness (QED) is 0.749. The van der Waals surface area contributed by atoms with Gasteiger partial charge in [-0.1, -0.05) is 33.6 Å². The van der Waals surface area contributed by atoms with Crippen molar-refractivity contribution in [2.45, 2.75) is 71.4 Å². The van der Waals surface area contributed by atoms with Crippen LogP contribution in [0.5, 0.6) is 0 Å². The van der Waals surface area contributed by atoms with E-state index in [4.69, 9.17) is 0 Å². The van der Waals surface area contributed by atoms with Gasteiger partial charge in [-0.2, -0.15) is 0 Å². The van der Waals surface area contributed by atoms with E-state index in [1.807, 2.05) is 0 Å². The van der Waals surface area contributed by atoms with E-state index < -0.39 is 0 Å². The third-order valence-electron chi connectivity index (χ3n) is 3.99. The van der Waals surface area contributed by atoms with Crippen molar-refractivity contribution in [3.8, 4) is 0 Å². The second kappa shape index (κ2) is 7.70. The third kappa shape index (κ3) is 5.07. The van der Waals surface area contributed by atoms with Crippen LogP contribution >= 0.6 is 0 Å². The summed E-state index contributed by atoms with van der Waals surface area (Å²) in [5, 5.41) is 6.48. The maximum Gasteiger partial charge on any atom is 0.234 e. The molecule has 1 rings (SSSR count). The monoisotopic (exact) mass is 240 g/mol. The molecule has 2 N–H and O–H groups in total. The van der Waals surface area contributed by atoms with Crippen LogP contribution < -0.4 is 10.6 Å². The molecule has 17 heavy (non-hydrogen) atoms. The first kappa shape index (κ1) is 14.5. The molecule has 0 bridgehead atoms. The summed E-state index contributed by atoms with van der Waals surface area (Å²) in [7, 11) is 0. The molecule has 100 valence electrons. The fourth-order valence-corrected chi connectivity index (χ4v) is 2.61. The van der Waals surface area contributed by atoms with E-state index in [0.29, 0.717) is 24.5 Å². The number of nitrogens with one attached hydrogen (secondary N) is 2. The van der Waals surface area contributed by atoms with E-state index in [2.05, 4.69) is 31.4 Å². The first-order chi connectivity index (χ1) is 8.17. The average molecular weight is 240 g/mol. The molecule has 1 aliphatic carbocycles. The molecule has 0 aromatic heterocycles. The topological polar surface area (TPSA) is 41.1 Å². The molecule has 1 saturated carbocycles. The van der Waals surface area contributed by atoms with Gasteiger partial charge in [-0.15, -0.1) is 0 Å². The van der Waals surface area contributed by atoms with Gasteiger partial charge >= 0.3 is 0 Å². The van der Waals surface area contributed by atoms with E-state index in [1.54, 1.807) is 0 Å². The van der Waals surface area contributed by atoms with Crippen molar-refractivity contribution in [2.75, 3.05) is 6.54 Å². The smallest absolute Gasteiger partial charge is 0.234 e. The summed E-state index contributed by atoms with van der Waals surface area (Å²) in [5.41, 5.74) is 0. The zero-order valence-electron chi connectivity index (χ0n) is 11.6. The lowest BCUT2D eigenvalue weighted by Gasteiger charge is -2.29. The number of hydrogen-bond donors (Lipinski definition) is 2. The molecule has 0 aliphatic heterocycles. The van der Waals surface area contributed by atoms with Gasteiger partial charge < -0.3 is 10.6 Å². The summed E-state index contributed by atoms with van der Waals surface area (Å²) in [5.74, 6) is 0.862. The van der Waals surface area contributed by atoms with E-state index in [9.17, 15) is 4.79 Å². The van der Waals surface area contributed by atoms with E-state index in [-0.39, 0.29) is 5.91 Å². The van der Waals surface area contributed by atoms with Crippen LogP contribution in [0.15, 0.2) is 0 Å². The lowest BCUT2D eigenvalue weighted by atomic mass is 9.86. The Bertz CT molecular complexity index is 226. The SMILES string of the molecule is CCC(CC)NC(=O)CNC1CCCCC1C. The van der Waals surface area contributed by atoms with Crippen molar-refractivity contribution < 1.29 is 4.79 Å². The third-order valence-corrected chi connectivity index (χ3v) is 3.99. The normalized spacial score (nSPS) is 24.9. The fraction of sp³-hybridized carbons (Fsp3) is 0.929. The maximum absolute atomic E-state index is 11.7. The average Bonchev–Trinajstić information content (AvgIpc) is 2.35. The lowest BCUT2D eigenvalue weighted by molar-refractivity contribution is -0.121. The van der Waals surface area contributed by atoms with Crippen molar-refractivity contribution in [2.24, 2.45) is 5.92 Å². The Kier molecular flexibility index (Phi) is 6.56. The number of carbonyl (C=O) groups excluding carboxylic acids is 1. The van der Waals surface area contributed by atoms with Crippen molar-refractivity contribution >= 4 is 5.91 Å². The molecule has 3 heteroatoms. The summed E-state index contributed by atoms with van der Waals surface area (Å²) in [6, 6.07) is 0.879. The second-order valence-corrected chi connectivity index (χ2v) is 5.33. The predicted molar refractivity (Wildman–Crippen MR) is 71.9 cm³/mol. The highest BCUT2D eigenvalue weighted by molar-refractivity contribution is 5.78. The highest BCUT2D eigenvalue weighted by Crippen LogP contribution is 2.23. The summed E-state index contributed by atoms with van der Waals surface area (Å²) >= 11 is 0. The van der Waals surface area contributed by atoms with Gasteiger partial charge in [-0.3, -0.25) is 4.79 Å². The Balaban J connectivity index is 2.22. The molecule has 0 spiro atoms. The molecule has 0 aromatic carbocycles. The standard InChI is InChI=1S/C14H28N2O/c1-4-12(5-2)16-14(17)10-15-13-9-7-6-8-11(13)3/h11-13,15H,4-10H2,1-3H3,(H,16,17). The summed E-state index contributed by atoms with van der Waals surface area (Å²) in [6.45, 7) is 7.00. The van der Waals surface area contributed by atoms with Gasteiger partial charge in [0.05, 0.1) is 6.54 Å². The van der Waals surface area contributed by atoms with Gasteiger partial charge in [0.15, 0.2) is 0 Å². The molecule has 0 aromatic rings. The number of carbonyl (C=O) groups is 1. The number of hydrogen-bond acceptors (Lipinski definition) is 2. The zero-order chi connectivity index (χ0) is 12.7. The summed E-state index contributed by atoms with van der Waals surface area (Å²) < 4.78 is 0. The minimum Gasteiger partial charge on any atom is -0.352 e. The molecular weight excluding hydrogens is 212 g/mol. The molecule has 0 heterocycles. The van der Waals surface area contributed by atoms with Crippen LogP contribution in [0.3, 0.4) is 0 Å². The van der Waals surface area contributed by atoms with E-state index in [0.717, 1.165) is 12.8 Å². The van der Waals surface area contributed by atoms with Crippen molar-refractivity contribution in [1.82, 2.24) is 10.6 Å².